The molecule has 2 aliphatic heterocycles. The van der Waals surface area contributed by atoms with Gasteiger partial charge in [0.05, 0.1) is 5.92 Å². The fraction of sp³-hybridized carbons (Fsp3) is 0.121. The van der Waals surface area contributed by atoms with Gasteiger partial charge in [0.25, 0.3) is 5.91 Å². The van der Waals surface area contributed by atoms with Crippen molar-refractivity contribution in [2.45, 2.75) is 11.5 Å². The number of carbonyl (C=O) groups excluding carboxylic acids is 3. The van der Waals surface area contributed by atoms with Gasteiger partial charge in [-0.2, -0.15) is 0 Å². The summed E-state index contributed by atoms with van der Waals surface area (Å²) in [4.78, 5) is 44.0. The third kappa shape index (κ3) is 3.75. The molecule has 2 amide bonds. The normalized spacial score (nSPS) is 22.0. The van der Waals surface area contributed by atoms with Crippen molar-refractivity contribution >= 4 is 29.4 Å². The van der Waals surface area contributed by atoms with Crippen molar-refractivity contribution < 1.29 is 14.4 Å². The molecule has 3 atom stereocenters. The first-order valence-corrected chi connectivity index (χ1v) is 12.7. The first-order chi connectivity index (χ1) is 18.6. The Kier molecular flexibility index (Phi) is 5.97. The number of carbonyl (C=O) groups is 3. The van der Waals surface area contributed by atoms with E-state index >= 15 is 0 Å². The Balaban J connectivity index is 1.55. The predicted octanol–water partition coefficient (Wildman–Crippen LogP) is 5.67. The number of fused-ring (bicyclic) bond motifs is 2. The Morgan fingerprint density at radius 2 is 1.39 bits per heavy atom. The Bertz CT molecular complexity index is 1530. The second-order valence-electron chi connectivity index (χ2n) is 9.68. The maximum atomic E-state index is 14.4. The summed E-state index contributed by atoms with van der Waals surface area (Å²) >= 11 is 0. The van der Waals surface area contributed by atoms with E-state index < -0.39 is 11.5 Å². The molecular weight excluding hydrogens is 472 g/mol. The molecule has 5 heteroatoms. The number of hydrogen-bond donors (Lipinski definition) is 1. The molecule has 6 rings (SSSR count). The number of benzene rings is 4. The van der Waals surface area contributed by atoms with Gasteiger partial charge in [-0.05, 0) is 23.3 Å². The van der Waals surface area contributed by atoms with Crippen LogP contribution in [0, 0.1) is 5.92 Å². The van der Waals surface area contributed by atoms with Crippen LogP contribution >= 0.6 is 0 Å². The summed E-state index contributed by atoms with van der Waals surface area (Å²) in [6, 6.07) is 35.7. The van der Waals surface area contributed by atoms with E-state index in [4.69, 9.17) is 0 Å². The zero-order valence-electron chi connectivity index (χ0n) is 20.7. The second-order valence-corrected chi connectivity index (χ2v) is 9.68. The Morgan fingerprint density at radius 3 is 2.11 bits per heavy atom. The molecule has 1 N–H and O–H groups in total. The van der Waals surface area contributed by atoms with Gasteiger partial charge in [-0.1, -0.05) is 109 Å². The molecule has 5 nitrogen and oxygen atoms in total. The van der Waals surface area contributed by atoms with Crippen molar-refractivity contribution in [3.05, 3.63) is 144 Å². The third-order valence-electron chi connectivity index (χ3n) is 7.64. The highest BCUT2D eigenvalue weighted by Gasteiger charge is 2.66. The fourth-order valence-corrected chi connectivity index (χ4v) is 5.98. The van der Waals surface area contributed by atoms with E-state index in [9.17, 15) is 14.4 Å². The largest absolute Gasteiger partial charge is 0.323 e. The third-order valence-corrected chi connectivity index (χ3v) is 7.64. The van der Waals surface area contributed by atoms with Gasteiger partial charge in [0, 0.05) is 35.4 Å². The molecule has 0 saturated carbocycles. The van der Waals surface area contributed by atoms with Crippen LogP contribution in [0.15, 0.2) is 121 Å². The first-order valence-electron chi connectivity index (χ1n) is 12.7. The van der Waals surface area contributed by atoms with Crippen LogP contribution < -0.4 is 5.32 Å². The Morgan fingerprint density at radius 1 is 0.789 bits per heavy atom. The number of anilines is 1. The van der Waals surface area contributed by atoms with Gasteiger partial charge in [-0.3, -0.25) is 14.4 Å². The minimum atomic E-state index is -1.48. The van der Waals surface area contributed by atoms with Gasteiger partial charge in [-0.15, -0.1) is 0 Å². The molecule has 1 saturated heterocycles. The number of likely N-dealkylation sites (tertiary alicyclic amines) is 1. The quantitative estimate of drug-likeness (QED) is 0.285. The number of Topliss-reactive ketones (excluding diaryl/α,β-unsaturated/α-hetero) is 1. The van der Waals surface area contributed by atoms with Crippen LogP contribution in [0.1, 0.15) is 33.0 Å². The van der Waals surface area contributed by atoms with Crippen molar-refractivity contribution in [3.8, 4) is 0 Å². The lowest BCUT2D eigenvalue weighted by Crippen LogP contribution is -2.54. The van der Waals surface area contributed by atoms with Crippen LogP contribution in [0.3, 0.4) is 0 Å². The summed E-state index contributed by atoms with van der Waals surface area (Å²) in [6.45, 7) is 0.229. The van der Waals surface area contributed by atoms with Crippen molar-refractivity contribution in [2.24, 2.45) is 5.92 Å². The smallest absolute Gasteiger partial charge is 0.255 e. The van der Waals surface area contributed by atoms with Gasteiger partial charge in [0.2, 0.25) is 5.91 Å². The van der Waals surface area contributed by atoms with Crippen LogP contribution in [0.5, 0.6) is 0 Å². The molecule has 1 fully saturated rings. The summed E-state index contributed by atoms with van der Waals surface area (Å²) in [7, 11) is 0. The van der Waals surface area contributed by atoms with Crippen molar-refractivity contribution in [1.29, 1.82) is 0 Å². The number of ketones is 1. The Hall–Kier alpha value is -4.77. The summed E-state index contributed by atoms with van der Waals surface area (Å²) < 4.78 is 0. The average molecular weight is 499 g/mol. The monoisotopic (exact) mass is 498 g/mol. The highest BCUT2D eigenvalue weighted by molar-refractivity contribution is 6.14. The summed E-state index contributed by atoms with van der Waals surface area (Å²) in [5, 5.41) is 2.99. The van der Waals surface area contributed by atoms with Crippen molar-refractivity contribution in [1.82, 2.24) is 4.90 Å². The zero-order valence-corrected chi connectivity index (χ0v) is 20.7. The summed E-state index contributed by atoms with van der Waals surface area (Å²) in [6.07, 6.45) is 3.25. The lowest BCUT2D eigenvalue weighted by atomic mass is 9.70. The van der Waals surface area contributed by atoms with Gasteiger partial charge in [0.15, 0.2) is 11.3 Å². The molecule has 1 spiro atoms. The average Bonchev–Trinajstić information content (AvgIpc) is 3.48. The van der Waals surface area contributed by atoms with Gasteiger partial charge in [0.1, 0.15) is 0 Å². The maximum absolute atomic E-state index is 14.4. The van der Waals surface area contributed by atoms with Crippen LogP contribution in [0.25, 0.3) is 6.08 Å². The number of nitrogens with one attached hydrogen (secondary N) is 1. The van der Waals surface area contributed by atoms with Gasteiger partial charge in [-0.25, -0.2) is 0 Å². The summed E-state index contributed by atoms with van der Waals surface area (Å²) in [5.74, 6) is -2.02. The predicted molar refractivity (Wildman–Crippen MR) is 147 cm³/mol. The van der Waals surface area contributed by atoms with Gasteiger partial charge < -0.3 is 10.2 Å². The van der Waals surface area contributed by atoms with E-state index in [0.29, 0.717) is 16.8 Å². The molecule has 4 aromatic carbocycles. The van der Waals surface area contributed by atoms with E-state index in [1.54, 1.807) is 23.1 Å². The highest BCUT2D eigenvalue weighted by atomic mass is 16.2. The lowest BCUT2D eigenvalue weighted by molar-refractivity contribution is -0.140. The molecule has 0 bridgehead atoms. The zero-order chi connectivity index (χ0) is 26.1. The van der Waals surface area contributed by atoms with Crippen LogP contribution in [-0.4, -0.2) is 29.0 Å². The van der Waals surface area contributed by atoms with E-state index in [1.165, 1.54) is 6.08 Å². The van der Waals surface area contributed by atoms with Crippen LogP contribution in [0.2, 0.25) is 0 Å². The fourth-order valence-electron chi connectivity index (χ4n) is 5.98. The molecule has 186 valence electrons. The van der Waals surface area contributed by atoms with E-state index in [-0.39, 0.29) is 30.1 Å². The number of hydrogen-bond acceptors (Lipinski definition) is 3. The van der Waals surface area contributed by atoms with Crippen molar-refractivity contribution in [2.75, 3.05) is 11.9 Å². The molecule has 0 radical (unpaired) electrons. The first kappa shape index (κ1) is 23.6. The number of nitrogens with zero attached hydrogens (tertiary/aromatic N) is 1. The molecule has 0 aliphatic carbocycles. The minimum absolute atomic E-state index is 0.159. The number of rotatable bonds is 5. The number of amides is 2. The molecule has 2 heterocycles. The SMILES string of the molecule is O=C(c1ccccc1)C1C(c2ccccc2)CN(C(=O)/C=C/c2ccccc2)C12C(=O)Nc1ccccc12. The van der Waals surface area contributed by atoms with Crippen LogP contribution in [0.4, 0.5) is 5.69 Å². The van der Waals surface area contributed by atoms with E-state index in [1.807, 2.05) is 103 Å². The lowest BCUT2D eigenvalue weighted by Gasteiger charge is -2.37. The molecule has 4 aromatic rings. The van der Waals surface area contributed by atoms with Crippen LogP contribution in [-0.2, 0) is 15.1 Å². The van der Waals surface area contributed by atoms with E-state index in [2.05, 4.69) is 5.32 Å². The second kappa shape index (κ2) is 9.60. The van der Waals surface area contributed by atoms with E-state index in [0.717, 1.165) is 11.1 Å². The summed E-state index contributed by atoms with van der Waals surface area (Å²) in [5.41, 5.74) is 2.11. The molecule has 0 aromatic heterocycles. The molecule has 38 heavy (non-hydrogen) atoms. The topological polar surface area (TPSA) is 66.5 Å². The maximum Gasteiger partial charge on any atom is 0.255 e. The Labute approximate surface area is 221 Å². The molecule has 2 aliphatic rings. The number of para-hydroxylation sites is 1. The minimum Gasteiger partial charge on any atom is -0.323 e. The van der Waals surface area contributed by atoms with Gasteiger partial charge >= 0.3 is 0 Å². The molecule has 3 unspecified atom stereocenters. The molecular formula is C33H26N2O3. The highest BCUT2D eigenvalue weighted by Crippen LogP contribution is 2.56. The van der Waals surface area contributed by atoms with Crippen molar-refractivity contribution in [3.63, 3.8) is 0 Å². The standard InChI is InChI=1S/C33H26N2O3/c36-29(21-20-23-12-4-1-5-13-23)35-22-26(24-14-6-2-7-15-24)30(31(37)25-16-8-3-9-17-25)33(35)27-18-10-11-19-28(27)34-32(33)38/h1-21,26,30H,22H2,(H,34,38)/b21-20+.